The van der Waals surface area contributed by atoms with Crippen LogP contribution in [0.3, 0.4) is 0 Å². The predicted molar refractivity (Wildman–Crippen MR) is 291 cm³/mol. The average molecular weight is 877 g/mol. The van der Waals surface area contributed by atoms with Gasteiger partial charge in [-0.15, -0.1) is 0 Å². The molecule has 0 unspecified atom stereocenters. The Morgan fingerprint density at radius 2 is 0.913 bits per heavy atom. The highest BCUT2D eigenvalue weighted by Crippen LogP contribution is 2.60. The lowest BCUT2D eigenvalue weighted by atomic mass is 9.68. The van der Waals surface area contributed by atoms with Gasteiger partial charge in [0.25, 0.3) is 0 Å². The van der Waals surface area contributed by atoms with E-state index in [-0.39, 0.29) is 0 Å². The fourth-order valence-electron chi connectivity index (χ4n) is 12.0. The smallest absolute Gasteiger partial charge is 0.0714 e. The molecule has 2 heteroatoms. The molecule has 0 saturated heterocycles. The van der Waals surface area contributed by atoms with E-state index in [2.05, 4.69) is 276 Å². The summed E-state index contributed by atoms with van der Waals surface area (Å²) in [6, 6.07) is 98.8. The number of nitrogens with zero attached hydrogens (tertiary/aromatic N) is 2. The van der Waals surface area contributed by atoms with E-state index in [1.807, 2.05) is 0 Å². The fraction of sp³-hybridized carbons (Fsp3) is 0.0149. The highest BCUT2D eigenvalue weighted by Gasteiger charge is 2.47. The molecule has 1 aromatic heterocycles. The van der Waals surface area contributed by atoms with Crippen molar-refractivity contribution in [2.75, 3.05) is 4.90 Å². The van der Waals surface area contributed by atoms with Gasteiger partial charge in [-0.1, -0.05) is 212 Å². The molecule has 0 aliphatic heterocycles. The van der Waals surface area contributed by atoms with Crippen molar-refractivity contribution in [3.63, 3.8) is 0 Å². The lowest BCUT2D eigenvalue weighted by Crippen LogP contribution is -2.28. The van der Waals surface area contributed by atoms with E-state index >= 15 is 0 Å². The number of aromatic nitrogens is 1. The number of rotatable bonds is 7. The third-order valence-corrected chi connectivity index (χ3v) is 14.8. The minimum atomic E-state index is -0.549. The first-order valence-corrected chi connectivity index (χ1v) is 23.9. The van der Waals surface area contributed by atoms with Crippen molar-refractivity contribution in [1.82, 2.24) is 4.57 Å². The lowest BCUT2D eigenvalue weighted by Gasteiger charge is -2.34. The summed E-state index contributed by atoms with van der Waals surface area (Å²) >= 11 is 0. The van der Waals surface area contributed by atoms with Crippen molar-refractivity contribution in [2.24, 2.45) is 0 Å². The second kappa shape index (κ2) is 15.6. The van der Waals surface area contributed by atoms with E-state index in [4.69, 9.17) is 0 Å². The first-order valence-electron chi connectivity index (χ1n) is 23.9. The van der Waals surface area contributed by atoms with Crippen LogP contribution in [-0.4, -0.2) is 4.57 Å². The molecule has 0 amide bonds. The number of benzene rings is 12. The summed E-state index contributed by atoms with van der Waals surface area (Å²) in [6.45, 7) is 0. The van der Waals surface area contributed by atoms with Crippen LogP contribution < -0.4 is 4.90 Å². The zero-order valence-electron chi connectivity index (χ0n) is 37.8. The minimum Gasteiger partial charge on any atom is -0.309 e. The van der Waals surface area contributed by atoms with E-state index in [9.17, 15) is 0 Å². The zero-order valence-corrected chi connectivity index (χ0v) is 37.8. The van der Waals surface area contributed by atoms with Crippen LogP contribution in [0.1, 0.15) is 22.3 Å². The van der Waals surface area contributed by atoms with Crippen molar-refractivity contribution < 1.29 is 0 Å². The standard InChI is InChI=1S/C67H44N2/c1-5-24-48(25-6-1)67(49-26-7-2-8-27-49)59-37-20-19-36-56(59)64-60(67)38-21-39-62(64)68(50-28-9-3-10-29-50)63-44-46-23-14-16-33-53(46)66-65(63)58-43-47(40-41-61(58)69(66)51-30-11-4-12-31-51)57-42-45-22-13-15-32-52(45)54-34-17-18-35-55(54)57/h1-44H. The predicted octanol–water partition coefficient (Wildman–Crippen LogP) is 17.7. The molecule has 69 heavy (non-hydrogen) atoms. The maximum absolute atomic E-state index is 2.56. The monoisotopic (exact) mass is 876 g/mol. The molecule has 1 aliphatic carbocycles. The number of hydrogen-bond acceptors (Lipinski definition) is 1. The molecule has 14 rings (SSSR count). The van der Waals surface area contributed by atoms with Crippen molar-refractivity contribution in [3.8, 4) is 27.9 Å². The van der Waals surface area contributed by atoms with Gasteiger partial charge in [0.2, 0.25) is 0 Å². The molecule has 0 fully saturated rings. The maximum Gasteiger partial charge on any atom is 0.0714 e. The van der Waals surface area contributed by atoms with E-state index in [0.717, 1.165) is 28.3 Å². The van der Waals surface area contributed by atoms with Gasteiger partial charge in [0.05, 0.1) is 27.8 Å². The molecule has 0 spiro atoms. The second-order valence-corrected chi connectivity index (χ2v) is 18.3. The van der Waals surface area contributed by atoms with E-state index in [1.165, 1.54) is 93.1 Å². The van der Waals surface area contributed by atoms with Crippen LogP contribution in [0.15, 0.2) is 267 Å². The maximum atomic E-state index is 2.56. The van der Waals surface area contributed by atoms with Gasteiger partial charge in [-0.2, -0.15) is 0 Å². The number of para-hydroxylation sites is 2. The molecular formula is C67H44N2. The Labute approximate surface area is 401 Å². The summed E-state index contributed by atoms with van der Waals surface area (Å²) in [5.41, 5.74) is 16.2. The highest BCUT2D eigenvalue weighted by atomic mass is 15.2. The molecule has 0 bridgehead atoms. The quantitative estimate of drug-likeness (QED) is 0.145. The zero-order chi connectivity index (χ0) is 45.5. The van der Waals surface area contributed by atoms with Gasteiger partial charge in [-0.25, -0.2) is 0 Å². The topological polar surface area (TPSA) is 8.17 Å². The molecule has 12 aromatic carbocycles. The van der Waals surface area contributed by atoms with Crippen LogP contribution >= 0.6 is 0 Å². The average Bonchev–Trinajstić information content (AvgIpc) is 3.94. The van der Waals surface area contributed by atoms with Crippen LogP contribution in [0, 0.1) is 0 Å². The van der Waals surface area contributed by atoms with Gasteiger partial charge in [0, 0.05) is 33.1 Å². The largest absolute Gasteiger partial charge is 0.309 e. The summed E-state index contributed by atoms with van der Waals surface area (Å²) in [7, 11) is 0. The normalized spacial score (nSPS) is 12.8. The van der Waals surface area contributed by atoms with Gasteiger partial charge in [-0.05, 0) is 120 Å². The van der Waals surface area contributed by atoms with Crippen LogP contribution in [0.5, 0.6) is 0 Å². The van der Waals surface area contributed by atoms with Gasteiger partial charge in [-0.3, -0.25) is 0 Å². The lowest BCUT2D eigenvalue weighted by molar-refractivity contribution is 0.768. The third-order valence-electron chi connectivity index (χ3n) is 14.8. The van der Waals surface area contributed by atoms with Crippen LogP contribution in [-0.2, 0) is 5.41 Å². The third kappa shape index (κ3) is 5.79. The Morgan fingerprint density at radius 3 is 1.64 bits per heavy atom. The van der Waals surface area contributed by atoms with Gasteiger partial charge in [0.15, 0.2) is 0 Å². The highest BCUT2D eigenvalue weighted by molar-refractivity contribution is 6.26. The Morgan fingerprint density at radius 1 is 0.348 bits per heavy atom. The minimum absolute atomic E-state index is 0.549. The van der Waals surface area contributed by atoms with Gasteiger partial charge in [0.1, 0.15) is 0 Å². The van der Waals surface area contributed by atoms with Crippen LogP contribution in [0.4, 0.5) is 17.1 Å². The molecule has 0 atom stereocenters. The second-order valence-electron chi connectivity index (χ2n) is 18.3. The van der Waals surface area contributed by atoms with Crippen molar-refractivity contribution >= 4 is 71.2 Å². The molecule has 0 N–H and O–H groups in total. The van der Waals surface area contributed by atoms with E-state index in [0.29, 0.717) is 0 Å². The Kier molecular flexibility index (Phi) is 8.84. The molecule has 13 aromatic rings. The number of fused-ring (bicyclic) bond motifs is 11. The Bertz CT molecular complexity index is 4080. The van der Waals surface area contributed by atoms with Gasteiger partial charge < -0.3 is 9.47 Å². The first-order chi connectivity index (χ1) is 34.3. The summed E-state index contributed by atoms with van der Waals surface area (Å²) in [5, 5.41) is 9.80. The summed E-state index contributed by atoms with van der Waals surface area (Å²) in [6.07, 6.45) is 0. The fourth-order valence-corrected chi connectivity index (χ4v) is 12.0. The number of anilines is 3. The molecule has 2 nitrogen and oxygen atoms in total. The number of hydrogen-bond donors (Lipinski definition) is 0. The van der Waals surface area contributed by atoms with Crippen LogP contribution in [0.2, 0.25) is 0 Å². The molecule has 1 heterocycles. The first kappa shape index (κ1) is 39.2. The van der Waals surface area contributed by atoms with Gasteiger partial charge >= 0.3 is 0 Å². The molecule has 322 valence electrons. The van der Waals surface area contributed by atoms with Crippen molar-refractivity contribution in [2.45, 2.75) is 5.41 Å². The molecule has 0 radical (unpaired) electrons. The molecule has 0 saturated carbocycles. The van der Waals surface area contributed by atoms with E-state index in [1.54, 1.807) is 0 Å². The van der Waals surface area contributed by atoms with Crippen LogP contribution in [0.25, 0.3) is 82.1 Å². The van der Waals surface area contributed by atoms with Crippen molar-refractivity contribution in [1.29, 1.82) is 0 Å². The summed E-state index contributed by atoms with van der Waals surface area (Å²) < 4.78 is 2.50. The Hall–Kier alpha value is -8.98. The summed E-state index contributed by atoms with van der Waals surface area (Å²) in [4.78, 5) is 2.56. The van der Waals surface area contributed by atoms with Crippen molar-refractivity contribution in [3.05, 3.63) is 289 Å². The Balaban J connectivity index is 1.14. The summed E-state index contributed by atoms with van der Waals surface area (Å²) in [5.74, 6) is 0. The SMILES string of the molecule is c1ccc(N(c2cccc3c2-c2ccccc2C3(c2ccccc2)c2ccccc2)c2cc3ccccc3c3c2c2cc(-c4cc5ccccc5c5ccccc45)ccc2n3-c2ccccc2)cc1. The molecule has 1 aliphatic rings. The molecular weight excluding hydrogens is 833 g/mol. The van der Waals surface area contributed by atoms with E-state index < -0.39 is 5.41 Å².